The number of pyridine rings is 1. The minimum Gasteiger partial charge on any atom is -0.474 e. The van der Waals surface area contributed by atoms with Gasteiger partial charge >= 0.3 is 0 Å². The number of ether oxygens (including phenoxy) is 1. The summed E-state index contributed by atoms with van der Waals surface area (Å²) in [4.78, 5) is 17.9. The van der Waals surface area contributed by atoms with Crippen molar-refractivity contribution in [3.8, 4) is 5.88 Å². The zero-order chi connectivity index (χ0) is 12.4. The van der Waals surface area contributed by atoms with Crippen LogP contribution in [0.1, 0.15) is 25.3 Å². The van der Waals surface area contributed by atoms with Crippen molar-refractivity contribution >= 4 is 24.9 Å². The lowest BCUT2D eigenvalue weighted by Gasteiger charge is -2.30. The highest BCUT2D eigenvalue weighted by Crippen LogP contribution is 2.31. The molecule has 88 valence electrons. The fourth-order valence-electron chi connectivity index (χ4n) is 1.95. The summed E-state index contributed by atoms with van der Waals surface area (Å²) in [5, 5.41) is 0. The zero-order valence-corrected chi connectivity index (χ0v) is 10.2. The Kier molecular flexibility index (Phi) is 3.36. The van der Waals surface area contributed by atoms with Gasteiger partial charge in [0.05, 0.1) is 6.54 Å². The Morgan fingerprint density at radius 1 is 1.65 bits per heavy atom. The molecule has 0 spiro atoms. The van der Waals surface area contributed by atoms with Crippen LogP contribution in [0, 0.1) is 6.92 Å². The van der Waals surface area contributed by atoms with Crippen LogP contribution in [0.2, 0.25) is 0 Å². The van der Waals surface area contributed by atoms with E-state index in [-0.39, 0.29) is 5.91 Å². The maximum atomic E-state index is 12.0. The topological polar surface area (TPSA) is 42.4 Å². The molecule has 1 aliphatic rings. The monoisotopic (exact) mass is 230 g/mol. The lowest BCUT2D eigenvalue weighted by Crippen LogP contribution is -2.39. The van der Waals surface area contributed by atoms with Crippen LogP contribution in [-0.2, 0) is 4.79 Å². The smallest absolute Gasteiger partial charge is 0.238 e. The molecule has 1 amide bonds. The van der Waals surface area contributed by atoms with E-state index in [1.54, 1.807) is 11.1 Å². The van der Waals surface area contributed by atoms with E-state index in [4.69, 9.17) is 12.6 Å². The van der Waals surface area contributed by atoms with Crippen molar-refractivity contribution in [1.29, 1.82) is 0 Å². The molecule has 0 unspecified atom stereocenters. The first-order valence-corrected chi connectivity index (χ1v) is 5.83. The van der Waals surface area contributed by atoms with Crippen LogP contribution < -0.4 is 15.1 Å². The molecule has 0 saturated heterocycles. The molecule has 1 aromatic rings. The van der Waals surface area contributed by atoms with Gasteiger partial charge in [-0.15, -0.1) is 0 Å². The van der Waals surface area contributed by atoms with Crippen molar-refractivity contribution in [3.63, 3.8) is 0 Å². The van der Waals surface area contributed by atoms with Crippen molar-refractivity contribution < 1.29 is 9.53 Å². The van der Waals surface area contributed by atoms with Crippen LogP contribution >= 0.6 is 0 Å². The van der Waals surface area contributed by atoms with E-state index in [2.05, 4.69) is 4.98 Å². The van der Waals surface area contributed by atoms with Crippen LogP contribution in [0.15, 0.2) is 6.20 Å². The number of carbonyl (C=O) groups excluding carboxylic acids is 1. The number of hydrogen-bond donors (Lipinski definition) is 0. The van der Waals surface area contributed by atoms with Gasteiger partial charge in [-0.25, -0.2) is 4.98 Å². The first-order chi connectivity index (χ1) is 8.15. The van der Waals surface area contributed by atoms with Gasteiger partial charge in [-0.3, -0.25) is 4.79 Å². The molecule has 1 aromatic heterocycles. The van der Waals surface area contributed by atoms with Crippen LogP contribution in [0.4, 0.5) is 5.69 Å². The molecule has 0 atom stereocenters. The third kappa shape index (κ3) is 2.14. The number of carbonyl (C=O) groups is 1. The summed E-state index contributed by atoms with van der Waals surface area (Å²) >= 11 is 0. The van der Waals surface area contributed by atoms with E-state index in [0.717, 1.165) is 17.7 Å². The second kappa shape index (κ2) is 4.78. The molecule has 0 aromatic carbocycles. The molecule has 5 heteroatoms. The van der Waals surface area contributed by atoms with Gasteiger partial charge in [0, 0.05) is 12.6 Å². The normalized spacial score (nSPS) is 14.1. The van der Waals surface area contributed by atoms with E-state index in [1.165, 1.54) is 0 Å². The molecule has 0 fully saturated rings. The second-order valence-electron chi connectivity index (χ2n) is 4.14. The van der Waals surface area contributed by atoms with Gasteiger partial charge in [0.15, 0.2) is 0 Å². The van der Waals surface area contributed by atoms with Crippen molar-refractivity contribution in [2.75, 3.05) is 18.1 Å². The van der Waals surface area contributed by atoms with Crippen molar-refractivity contribution in [3.05, 3.63) is 11.8 Å². The Morgan fingerprint density at radius 2 is 2.41 bits per heavy atom. The largest absolute Gasteiger partial charge is 0.474 e. The Labute approximate surface area is 102 Å². The SMILES string of the molecule is [B]c1cnc2c(c1C)N(C(=O)CCC)CCO2. The predicted molar refractivity (Wildman–Crippen MR) is 67.1 cm³/mol. The molecule has 0 bridgehead atoms. The molecule has 1 aliphatic heterocycles. The number of rotatable bonds is 2. The lowest BCUT2D eigenvalue weighted by atomic mass is 9.92. The van der Waals surface area contributed by atoms with Crippen LogP contribution in [0.3, 0.4) is 0 Å². The predicted octanol–water partition coefficient (Wildman–Crippen LogP) is 0.709. The van der Waals surface area contributed by atoms with Gasteiger partial charge in [0.2, 0.25) is 11.8 Å². The van der Waals surface area contributed by atoms with E-state index < -0.39 is 0 Å². The van der Waals surface area contributed by atoms with Crippen LogP contribution in [-0.4, -0.2) is 31.9 Å². The summed E-state index contributed by atoms with van der Waals surface area (Å²) < 4.78 is 5.46. The van der Waals surface area contributed by atoms with E-state index in [9.17, 15) is 4.79 Å². The summed E-state index contributed by atoms with van der Waals surface area (Å²) in [6, 6.07) is 0. The number of amides is 1. The minimum atomic E-state index is 0.104. The van der Waals surface area contributed by atoms with Gasteiger partial charge < -0.3 is 9.64 Å². The van der Waals surface area contributed by atoms with E-state index in [1.807, 2.05) is 13.8 Å². The number of hydrogen-bond acceptors (Lipinski definition) is 3. The Balaban J connectivity index is 2.42. The molecule has 0 N–H and O–H groups in total. The molecule has 2 heterocycles. The molecule has 17 heavy (non-hydrogen) atoms. The molecular formula is C12H15BN2O2. The average molecular weight is 230 g/mol. The average Bonchev–Trinajstić information content (AvgIpc) is 2.33. The molecule has 2 rings (SSSR count). The highest BCUT2D eigenvalue weighted by molar-refractivity contribution is 6.33. The summed E-state index contributed by atoms with van der Waals surface area (Å²) in [5.41, 5.74) is 2.18. The van der Waals surface area contributed by atoms with Crippen molar-refractivity contribution in [1.82, 2.24) is 4.98 Å². The zero-order valence-electron chi connectivity index (χ0n) is 10.2. The number of nitrogens with zero attached hydrogens (tertiary/aromatic N) is 2. The minimum absolute atomic E-state index is 0.104. The third-order valence-electron chi connectivity index (χ3n) is 2.90. The maximum absolute atomic E-state index is 12.0. The summed E-state index contributed by atoms with van der Waals surface area (Å²) in [7, 11) is 5.82. The fraction of sp³-hybridized carbons (Fsp3) is 0.500. The Hall–Kier alpha value is -1.52. The first kappa shape index (κ1) is 12.0. The number of anilines is 1. The highest BCUT2D eigenvalue weighted by atomic mass is 16.5. The van der Waals surface area contributed by atoms with Gasteiger partial charge in [-0.1, -0.05) is 12.4 Å². The highest BCUT2D eigenvalue weighted by Gasteiger charge is 2.26. The van der Waals surface area contributed by atoms with Crippen molar-refractivity contribution in [2.24, 2.45) is 0 Å². The Bertz CT molecular complexity index is 448. The third-order valence-corrected chi connectivity index (χ3v) is 2.90. The van der Waals surface area contributed by atoms with E-state index in [0.29, 0.717) is 30.9 Å². The first-order valence-electron chi connectivity index (χ1n) is 5.83. The Morgan fingerprint density at radius 3 is 3.12 bits per heavy atom. The van der Waals surface area contributed by atoms with Crippen molar-refractivity contribution in [2.45, 2.75) is 26.7 Å². The van der Waals surface area contributed by atoms with E-state index >= 15 is 0 Å². The fourth-order valence-corrected chi connectivity index (χ4v) is 1.95. The second-order valence-corrected chi connectivity index (χ2v) is 4.14. The van der Waals surface area contributed by atoms with Gasteiger partial charge in [0.25, 0.3) is 0 Å². The molecule has 2 radical (unpaired) electrons. The summed E-state index contributed by atoms with van der Waals surface area (Å²) in [6.45, 7) is 4.93. The number of fused-ring (bicyclic) bond motifs is 1. The molecule has 0 saturated carbocycles. The quantitative estimate of drug-likeness (QED) is 0.702. The van der Waals surface area contributed by atoms with Crippen LogP contribution in [0.5, 0.6) is 5.88 Å². The molecule has 0 aliphatic carbocycles. The summed E-state index contributed by atoms with van der Waals surface area (Å²) in [5.74, 6) is 0.611. The van der Waals surface area contributed by atoms with Gasteiger partial charge in [-0.05, 0) is 18.9 Å². The van der Waals surface area contributed by atoms with Gasteiger partial charge in [-0.2, -0.15) is 0 Å². The molecular weight excluding hydrogens is 215 g/mol. The molecule has 4 nitrogen and oxygen atoms in total. The lowest BCUT2D eigenvalue weighted by molar-refractivity contribution is -0.118. The summed E-state index contributed by atoms with van der Waals surface area (Å²) in [6.07, 6.45) is 2.94. The number of aromatic nitrogens is 1. The maximum Gasteiger partial charge on any atom is 0.238 e. The standard InChI is InChI=1S/C12H15BN2O2/c1-3-4-10(16)15-5-6-17-12-11(15)8(2)9(13)7-14-12/h7H,3-6H2,1-2H3. The van der Waals surface area contributed by atoms with Crippen LogP contribution in [0.25, 0.3) is 0 Å². The van der Waals surface area contributed by atoms with Gasteiger partial charge in [0.1, 0.15) is 20.1 Å².